The Morgan fingerprint density at radius 1 is 1.40 bits per heavy atom. The van der Waals surface area contributed by atoms with Crippen LogP contribution in [0.4, 0.5) is 0 Å². The highest BCUT2D eigenvalue weighted by Gasteiger charge is 2.09. The van der Waals surface area contributed by atoms with E-state index in [0.29, 0.717) is 12.6 Å². The summed E-state index contributed by atoms with van der Waals surface area (Å²) in [5, 5.41) is 3.49. The Morgan fingerprint density at radius 3 is 2.85 bits per heavy atom. The minimum absolute atomic E-state index is 0.294. The largest absolute Gasteiger partial charge is 0.496 e. The number of terminal acetylenes is 1. The molecule has 1 atom stereocenters. The average Bonchev–Trinajstić information content (AvgIpc) is 2.47. The van der Waals surface area contributed by atoms with Gasteiger partial charge in [0, 0.05) is 31.0 Å². The van der Waals surface area contributed by atoms with E-state index in [1.54, 1.807) is 26.0 Å². The van der Waals surface area contributed by atoms with E-state index >= 15 is 0 Å². The van der Waals surface area contributed by atoms with Crippen molar-refractivity contribution in [3.05, 3.63) is 29.3 Å². The van der Waals surface area contributed by atoms with Crippen LogP contribution >= 0.6 is 11.8 Å². The lowest BCUT2D eigenvalue weighted by molar-refractivity contribution is 0.181. The van der Waals surface area contributed by atoms with Crippen LogP contribution in [0, 0.1) is 12.3 Å². The summed E-state index contributed by atoms with van der Waals surface area (Å²) in [4.78, 5) is 0. The van der Waals surface area contributed by atoms with Gasteiger partial charge in [0.1, 0.15) is 5.75 Å². The van der Waals surface area contributed by atoms with Gasteiger partial charge in [-0.25, -0.2) is 0 Å². The molecule has 0 aliphatic heterocycles. The molecule has 1 rings (SSSR count). The first kappa shape index (κ1) is 16.9. The van der Waals surface area contributed by atoms with Crippen LogP contribution in [0.25, 0.3) is 0 Å². The highest BCUT2D eigenvalue weighted by atomic mass is 32.2. The Hall–Kier alpha value is -1.15. The number of ether oxygens (including phenoxy) is 2. The van der Waals surface area contributed by atoms with Gasteiger partial charge < -0.3 is 14.8 Å². The number of methoxy groups -OCH3 is 2. The Bertz CT molecular complexity index is 443. The first-order chi connectivity index (χ1) is 9.72. The fraction of sp³-hybridized carbons (Fsp3) is 0.500. The van der Waals surface area contributed by atoms with E-state index in [-0.39, 0.29) is 0 Å². The SMILES string of the molecule is C#CCSCCNC(C)c1ccc(OC)c(COC)c1. The summed E-state index contributed by atoms with van der Waals surface area (Å²) >= 11 is 1.77. The van der Waals surface area contributed by atoms with Gasteiger partial charge in [0.25, 0.3) is 0 Å². The Labute approximate surface area is 126 Å². The Kier molecular flexibility index (Phi) is 8.20. The van der Waals surface area contributed by atoms with Crippen molar-refractivity contribution in [3.63, 3.8) is 0 Å². The van der Waals surface area contributed by atoms with Crippen LogP contribution in [0.5, 0.6) is 5.75 Å². The molecule has 1 unspecified atom stereocenters. The molecular formula is C16H23NO2S. The lowest BCUT2D eigenvalue weighted by Crippen LogP contribution is -2.21. The first-order valence-electron chi connectivity index (χ1n) is 6.63. The predicted octanol–water partition coefficient (Wildman–Crippen LogP) is 2.86. The molecular weight excluding hydrogens is 270 g/mol. The van der Waals surface area contributed by atoms with Crippen LogP contribution in [-0.4, -0.2) is 32.3 Å². The molecule has 0 aliphatic rings. The lowest BCUT2D eigenvalue weighted by atomic mass is 10.0. The molecule has 1 aromatic carbocycles. The fourth-order valence-corrected chi connectivity index (χ4v) is 2.46. The summed E-state index contributed by atoms with van der Waals surface area (Å²) in [6.45, 7) is 3.66. The summed E-state index contributed by atoms with van der Waals surface area (Å²) in [6.07, 6.45) is 5.22. The molecule has 4 heteroatoms. The van der Waals surface area contributed by atoms with E-state index in [0.717, 1.165) is 29.4 Å². The number of nitrogens with one attached hydrogen (secondary N) is 1. The molecule has 0 saturated heterocycles. The smallest absolute Gasteiger partial charge is 0.124 e. The Morgan fingerprint density at radius 2 is 2.20 bits per heavy atom. The standard InChI is InChI=1S/C16H23NO2S/c1-5-9-20-10-8-17-13(2)14-6-7-16(19-4)15(11-14)12-18-3/h1,6-7,11,13,17H,8-10,12H2,2-4H3. The Balaban J connectivity index is 2.57. The zero-order chi connectivity index (χ0) is 14.8. The van der Waals surface area contributed by atoms with E-state index in [9.17, 15) is 0 Å². The quantitative estimate of drug-likeness (QED) is 0.560. The van der Waals surface area contributed by atoms with Gasteiger partial charge in [-0.15, -0.1) is 18.2 Å². The number of hydrogen-bond donors (Lipinski definition) is 1. The molecule has 0 radical (unpaired) electrons. The van der Waals surface area contributed by atoms with Crippen molar-refractivity contribution in [2.24, 2.45) is 0 Å². The molecule has 0 heterocycles. The predicted molar refractivity (Wildman–Crippen MR) is 86.3 cm³/mol. The zero-order valence-corrected chi connectivity index (χ0v) is 13.3. The van der Waals surface area contributed by atoms with Crippen LogP contribution in [-0.2, 0) is 11.3 Å². The number of thioether (sulfide) groups is 1. The maximum atomic E-state index is 5.34. The van der Waals surface area contributed by atoms with Crippen molar-refractivity contribution >= 4 is 11.8 Å². The van der Waals surface area contributed by atoms with Crippen LogP contribution < -0.4 is 10.1 Å². The van der Waals surface area contributed by atoms with Crippen molar-refractivity contribution < 1.29 is 9.47 Å². The molecule has 110 valence electrons. The van der Waals surface area contributed by atoms with Crippen molar-refractivity contribution in [3.8, 4) is 18.1 Å². The van der Waals surface area contributed by atoms with Crippen molar-refractivity contribution in [2.45, 2.75) is 19.6 Å². The fourth-order valence-electron chi connectivity index (χ4n) is 1.93. The van der Waals surface area contributed by atoms with Crippen molar-refractivity contribution in [1.29, 1.82) is 0 Å². The second-order valence-corrected chi connectivity index (χ2v) is 5.54. The number of benzene rings is 1. The highest BCUT2D eigenvalue weighted by molar-refractivity contribution is 7.99. The van der Waals surface area contributed by atoms with Gasteiger partial charge >= 0.3 is 0 Å². The topological polar surface area (TPSA) is 30.5 Å². The molecule has 3 nitrogen and oxygen atoms in total. The number of rotatable bonds is 9. The second kappa shape index (κ2) is 9.71. The second-order valence-electron chi connectivity index (χ2n) is 4.44. The van der Waals surface area contributed by atoms with Crippen molar-refractivity contribution in [2.75, 3.05) is 32.3 Å². The molecule has 0 bridgehead atoms. The molecule has 0 fully saturated rings. The van der Waals surface area contributed by atoms with Gasteiger partial charge in [-0.2, -0.15) is 0 Å². The maximum absolute atomic E-state index is 5.34. The van der Waals surface area contributed by atoms with Gasteiger partial charge in [0.15, 0.2) is 0 Å². The van der Waals surface area contributed by atoms with E-state index in [1.807, 2.05) is 6.07 Å². The third-order valence-electron chi connectivity index (χ3n) is 2.99. The molecule has 0 aromatic heterocycles. The monoisotopic (exact) mass is 293 g/mol. The van der Waals surface area contributed by atoms with E-state index < -0.39 is 0 Å². The van der Waals surface area contributed by atoms with Crippen molar-refractivity contribution in [1.82, 2.24) is 5.32 Å². The third kappa shape index (κ3) is 5.46. The van der Waals surface area contributed by atoms with Gasteiger partial charge in [-0.3, -0.25) is 0 Å². The minimum Gasteiger partial charge on any atom is -0.496 e. The molecule has 0 spiro atoms. The van der Waals surface area contributed by atoms with Crippen LogP contribution in [0.3, 0.4) is 0 Å². The van der Waals surface area contributed by atoms with Crippen LogP contribution in [0.2, 0.25) is 0 Å². The molecule has 0 saturated carbocycles. The maximum Gasteiger partial charge on any atom is 0.124 e. The van der Waals surface area contributed by atoms with Crippen LogP contribution in [0.1, 0.15) is 24.1 Å². The molecule has 0 aliphatic carbocycles. The summed E-state index contributed by atoms with van der Waals surface area (Å²) in [6, 6.07) is 6.51. The van der Waals surface area contributed by atoms with E-state index in [2.05, 4.69) is 30.3 Å². The third-order valence-corrected chi connectivity index (χ3v) is 3.85. The molecule has 1 N–H and O–H groups in total. The summed E-state index contributed by atoms with van der Waals surface area (Å²) < 4.78 is 10.5. The van der Waals surface area contributed by atoms with Gasteiger partial charge in [-0.05, 0) is 24.6 Å². The molecule has 0 amide bonds. The normalized spacial score (nSPS) is 11.9. The zero-order valence-electron chi connectivity index (χ0n) is 12.4. The summed E-state index contributed by atoms with van der Waals surface area (Å²) in [5.41, 5.74) is 2.31. The van der Waals surface area contributed by atoms with Gasteiger partial charge in [0.2, 0.25) is 0 Å². The molecule has 1 aromatic rings. The van der Waals surface area contributed by atoms with E-state index in [4.69, 9.17) is 15.9 Å². The first-order valence-corrected chi connectivity index (χ1v) is 7.78. The summed E-state index contributed by atoms with van der Waals surface area (Å²) in [7, 11) is 3.37. The lowest BCUT2D eigenvalue weighted by Gasteiger charge is -2.16. The van der Waals surface area contributed by atoms with Gasteiger partial charge in [0.05, 0.1) is 19.5 Å². The average molecular weight is 293 g/mol. The highest BCUT2D eigenvalue weighted by Crippen LogP contribution is 2.24. The van der Waals surface area contributed by atoms with Gasteiger partial charge in [-0.1, -0.05) is 12.0 Å². The summed E-state index contributed by atoms with van der Waals surface area (Å²) in [5.74, 6) is 5.29. The number of hydrogen-bond acceptors (Lipinski definition) is 4. The van der Waals surface area contributed by atoms with Crippen LogP contribution in [0.15, 0.2) is 18.2 Å². The molecule has 20 heavy (non-hydrogen) atoms. The van der Waals surface area contributed by atoms with E-state index in [1.165, 1.54) is 5.56 Å². The minimum atomic E-state index is 0.294.